The molecule has 0 unspecified atom stereocenters. The van der Waals surface area contributed by atoms with Crippen molar-refractivity contribution in [3.8, 4) is 22.8 Å². The summed E-state index contributed by atoms with van der Waals surface area (Å²) in [5, 5.41) is 18.8. The Bertz CT molecular complexity index is 853. The van der Waals surface area contributed by atoms with Gasteiger partial charge in [-0.3, -0.25) is 4.79 Å². The maximum atomic E-state index is 14.1. The quantitative estimate of drug-likeness (QED) is 0.714. The third kappa shape index (κ3) is 1.80. The highest BCUT2D eigenvalue weighted by Crippen LogP contribution is 2.31. The Kier molecular flexibility index (Phi) is 2.68. The van der Waals surface area contributed by atoms with E-state index >= 15 is 0 Å². The molecule has 0 atom stereocenters. The lowest BCUT2D eigenvalue weighted by atomic mass is 10.1. The van der Waals surface area contributed by atoms with E-state index in [1.807, 2.05) is 0 Å². The van der Waals surface area contributed by atoms with Gasteiger partial charge in [0.05, 0.1) is 0 Å². The number of phenols is 2. The lowest BCUT2D eigenvalue weighted by Crippen LogP contribution is -2.08. The summed E-state index contributed by atoms with van der Waals surface area (Å²) in [5.41, 5.74) is -0.651. The summed E-state index contributed by atoms with van der Waals surface area (Å²) in [4.78, 5) is 12.0. The maximum Gasteiger partial charge on any atom is 0.232 e. The van der Waals surface area contributed by atoms with Crippen molar-refractivity contribution in [1.82, 2.24) is 0 Å². The van der Waals surface area contributed by atoms with Crippen molar-refractivity contribution in [2.45, 2.75) is 0 Å². The van der Waals surface area contributed by atoms with E-state index in [-0.39, 0.29) is 22.5 Å². The normalized spacial score (nSPS) is 10.8. The first kappa shape index (κ1) is 12.2. The predicted octanol–water partition coefficient (Wildman–Crippen LogP) is 3.01. The largest absolute Gasteiger partial charge is 0.508 e. The molecule has 1 aromatic heterocycles. The maximum absolute atomic E-state index is 14.1. The first-order valence-electron chi connectivity index (χ1n) is 5.81. The third-order valence-corrected chi connectivity index (χ3v) is 2.94. The van der Waals surface area contributed by atoms with Crippen LogP contribution in [0, 0.1) is 5.82 Å². The molecule has 2 aromatic carbocycles. The number of halogens is 1. The molecular formula is C15H9FO4. The van der Waals surface area contributed by atoms with Gasteiger partial charge in [-0.15, -0.1) is 0 Å². The highest BCUT2D eigenvalue weighted by molar-refractivity contribution is 5.86. The standard InChI is InChI=1S/C15H9FO4/c16-13-14(19)12-10(18)6-9(17)7-11(12)20-15(13)8-4-2-1-3-5-8/h1-7,17-18H. The van der Waals surface area contributed by atoms with Crippen molar-refractivity contribution in [2.75, 3.05) is 0 Å². The van der Waals surface area contributed by atoms with Crippen LogP contribution in [0.5, 0.6) is 11.5 Å². The zero-order valence-electron chi connectivity index (χ0n) is 10.1. The minimum Gasteiger partial charge on any atom is -0.508 e. The van der Waals surface area contributed by atoms with Gasteiger partial charge in [-0.05, 0) is 0 Å². The van der Waals surface area contributed by atoms with Crippen LogP contribution >= 0.6 is 0 Å². The van der Waals surface area contributed by atoms with Gasteiger partial charge in [0, 0.05) is 17.7 Å². The number of rotatable bonds is 1. The minimum absolute atomic E-state index is 0.0762. The summed E-state index contributed by atoms with van der Waals surface area (Å²) in [7, 11) is 0. The van der Waals surface area contributed by atoms with Gasteiger partial charge in [-0.25, -0.2) is 0 Å². The van der Waals surface area contributed by atoms with E-state index in [9.17, 15) is 19.4 Å². The van der Waals surface area contributed by atoms with Gasteiger partial charge in [0.1, 0.15) is 22.5 Å². The Morgan fingerprint density at radius 3 is 2.45 bits per heavy atom. The van der Waals surface area contributed by atoms with Gasteiger partial charge in [0.2, 0.25) is 11.2 Å². The highest BCUT2D eigenvalue weighted by Gasteiger charge is 2.18. The minimum atomic E-state index is -1.08. The van der Waals surface area contributed by atoms with Crippen LogP contribution in [0.4, 0.5) is 4.39 Å². The van der Waals surface area contributed by atoms with Crippen LogP contribution < -0.4 is 5.43 Å². The Hall–Kier alpha value is -2.82. The van der Waals surface area contributed by atoms with Gasteiger partial charge in [0.25, 0.3) is 0 Å². The zero-order chi connectivity index (χ0) is 14.3. The fourth-order valence-electron chi connectivity index (χ4n) is 2.04. The smallest absolute Gasteiger partial charge is 0.232 e. The van der Waals surface area contributed by atoms with Gasteiger partial charge in [-0.1, -0.05) is 30.3 Å². The number of hydrogen-bond acceptors (Lipinski definition) is 4. The van der Waals surface area contributed by atoms with Crippen LogP contribution in [0.2, 0.25) is 0 Å². The molecular weight excluding hydrogens is 263 g/mol. The molecule has 5 heteroatoms. The van der Waals surface area contributed by atoms with E-state index in [1.165, 1.54) is 0 Å². The van der Waals surface area contributed by atoms with Crippen LogP contribution in [0.25, 0.3) is 22.3 Å². The molecule has 3 rings (SSSR count). The molecule has 4 nitrogen and oxygen atoms in total. The summed E-state index contributed by atoms with van der Waals surface area (Å²) in [6.45, 7) is 0. The van der Waals surface area contributed by atoms with Crippen LogP contribution in [0.1, 0.15) is 0 Å². The molecule has 0 aliphatic carbocycles. The molecule has 0 aliphatic rings. The molecule has 0 spiro atoms. The van der Waals surface area contributed by atoms with Gasteiger partial charge >= 0.3 is 0 Å². The Balaban J connectivity index is 2.42. The molecule has 1 heterocycles. The summed E-state index contributed by atoms with van der Waals surface area (Å²) in [5.74, 6) is -2.10. The molecule has 0 amide bonds. The summed E-state index contributed by atoms with van der Waals surface area (Å²) < 4.78 is 19.4. The van der Waals surface area contributed by atoms with Crippen molar-refractivity contribution in [3.63, 3.8) is 0 Å². The Morgan fingerprint density at radius 2 is 1.75 bits per heavy atom. The van der Waals surface area contributed by atoms with Crippen LogP contribution in [0.3, 0.4) is 0 Å². The number of aromatic hydroxyl groups is 2. The highest BCUT2D eigenvalue weighted by atomic mass is 19.1. The first-order chi connectivity index (χ1) is 9.58. The van der Waals surface area contributed by atoms with Gasteiger partial charge in [0.15, 0.2) is 5.76 Å². The monoisotopic (exact) mass is 272 g/mol. The topological polar surface area (TPSA) is 70.7 Å². The van der Waals surface area contributed by atoms with Crippen molar-refractivity contribution >= 4 is 11.0 Å². The second kappa shape index (κ2) is 4.38. The SMILES string of the molecule is O=c1c(F)c(-c2ccccc2)oc2cc(O)cc(O)c12. The van der Waals surface area contributed by atoms with Crippen molar-refractivity contribution in [3.05, 3.63) is 58.5 Å². The number of fused-ring (bicyclic) bond motifs is 1. The number of phenolic OH excluding ortho intramolecular Hbond substituents is 2. The fraction of sp³-hybridized carbons (Fsp3) is 0. The Labute approximate surface area is 112 Å². The molecule has 100 valence electrons. The average Bonchev–Trinajstić information content (AvgIpc) is 2.43. The second-order valence-electron chi connectivity index (χ2n) is 4.28. The molecule has 0 saturated carbocycles. The summed E-state index contributed by atoms with van der Waals surface area (Å²) >= 11 is 0. The lowest BCUT2D eigenvalue weighted by Gasteiger charge is -2.06. The van der Waals surface area contributed by atoms with Crippen molar-refractivity contribution < 1.29 is 19.0 Å². The van der Waals surface area contributed by atoms with E-state index in [2.05, 4.69) is 0 Å². The van der Waals surface area contributed by atoms with Crippen molar-refractivity contribution in [1.29, 1.82) is 0 Å². The van der Waals surface area contributed by atoms with Crippen molar-refractivity contribution in [2.24, 2.45) is 0 Å². The van der Waals surface area contributed by atoms with E-state index in [0.717, 1.165) is 12.1 Å². The number of hydrogen-bond donors (Lipinski definition) is 2. The van der Waals surface area contributed by atoms with Crippen LogP contribution in [-0.4, -0.2) is 10.2 Å². The molecule has 2 N–H and O–H groups in total. The zero-order valence-corrected chi connectivity index (χ0v) is 10.1. The molecule has 0 aliphatic heterocycles. The van der Waals surface area contributed by atoms with E-state index in [4.69, 9.17) is 4.42 Å². The van der Waals surface area contributed by atoms with E-state index in [0.29, 0.717) is 5.56 Å². The third-order valence-electron chi connectivity index (χ3n) is 2.94. The molecule has 3 aromatic rings. The average molecular weight is 272 g/mol. The number of benzene rings is 2. The second-order valence-corrected chi connectivity index (χ2v) is 4.28. The summed E-state index contributed by atoms with van der Waals surface area (Å²) in [6.07, 6.45) is 0. The first-order valence-corrected chi connectivity index (χ1v) is 5.81. The predicted molar refractivity (Wildman–Crippen MR) is 71.2 cm³/mol. The van der Waals surface area contributed by atoms with Gasteiger partial charge in [-0.2, -0.15) is 4.39 Å². The lowest BCUT2D eigenvalue weighted by molar-refractivity contribution is 0.450. The molecule has 0 bridgehead atoms. The molecule has 0 radical (unpaired) electrons. The van der Waals surface area contributed by atoms with E-state index in [1.54, 1.807) is 30.3 Å². The molecule has 0 saturated heterocycles. The van der Waals surface area contributed by atoms with Crippen LogP contribution in [0.15, 0.2) is 51.7 Å². The van der Waals surface area contributed by atoms with Crippen LogP contribution in [-0.2, 0) is 0 Å². The molecule has 20 heavy (non-hydrogen) atoms. The summed E-state index contributed by atoms with van der Waals surface area (Å²) in [6, 6.07) is 10.4. The molecule has 0 fully saturated rings. The Morgan fingerprint density at radius 1 is 1.05 bits per heavy atom. The fourth-order valence-corrected chi connectivity index (χ4v) is 2.04. The van der Waals surface area contributed by atoms with Gasteiger partial charge < -0.3 is 14.6 Å². The van der Waals surface area contributed by atoms with E-state index < -0.39 is 17.0 Å².